The van der Waals surface area contributed by atoms with Crippen molar-refractivity contribution in [1.29, 1.82) is 0 Å². The topological polar surface area (TPSA) is 62.3 Å². The van der Waals surface area contributed by atoms with Gasteiger partial charge in [-0.2, -0.15) is 13.2 Å². The van der Waals surface area contributed by atoms with E-state index in [2.05, 4.69) is 10.3 Å². The highest BCUT2D eigenvalue weighted by Gasteiger charge is 2.46. The monoisotopic (exact) mass is 313 g/mol. The third-order valence-electron chi connectivity index (χ3n) is 3.84. The van der Waals surface area contributed by atoms with Crippen molar-refractivity contribution in [3.8, 4) is 0 Å². The Morgan fingerprint density at radius 3 is 2.64 bits per heavy atom. The summed E-state index contributed by atoms with van der Waals surface area (Å²) in [6.07, 6.45) is -2.58. The van der Waals surface area contributed by atoms with E-state index in [0.29, 0.717) is 0 Å². The molecule has 3 amide bonds. The van der Waals surface area contributed by atoms with Gasteiger partial charge in [0, 0.05) is 18.7 Å². The quantitative estimate of drug-likeness (QED) is 0.865. The Labute approximate surface area is 124 Å². The fourth-order valence-electron chi connectivity index (χ4n) is 2.50. The molecule has 1 aliphatic heterocycles. The number of carbonyl (C=O) groups excluding carboxylic acids is 2. The van der Waals surface area contributed by atoms with Crippen LogP contribution in [-0.2, 0) is 17.4 Å². The maximum absolute atomic E-state index is 12.6. The number of imide groups is 1. The molecule has 1 unspecified atom stereocenters. The predicted octanol–water partition coefficient (Wildman–Crippen LogP) is 1.97. The van der Waals surface area contributed by atoms with Crippen molar-refractivity contribution in [2.45, 2.75) is 31.5 Å². The number of nitrogens with zero attached hydrogens (tertiary/aromatic N) is 2. The molecule has 22 heavy (non-hydrogen) atoms. The lowest BCUT2D eigenvalue weighted by Gasteiger charge is -2.13. The number of aromatic nitrogens is 1. The lowest BCUT2D eigenvalue weighted by molar-refractivity contribution is -0.141. The first kappa shape index (κ1) is 14.8. The van der Waals surface area contributed by atoms with Gasteiger partial charge >= 0.3 is 12.2 Å². The number of amides is 3. The Balaban J connectivity index is 1.65. The molecule has 0 bridgehead atoms. The standard InChI is InChI=1S/C14H14F3N3O2/c15-14(16,17)10-3-1-2-9(18-10)6-7-20-12(21)11(8-4-5-8)19-13(20)22/h1-3,8,11H,4-7H2,(H,19,22). The van der Waals surface area contributed by atoms with Crippen LogP contribution in [0.2, 0.25) is 0 Å². The van der Waals surface area contributed by atoms with Gasteiger partial charge in [-0.3, -0.25) is 9.69 Å². The minimum Gasteiger partial charge on any atom is -0.326 e. The van der Waals surface area contributed by atoms with Gasteiger partial charge in [-0.15, -0.1) is 0 Å². The van der Waals surface area contributed by atoms with Crippen LogP contribution >= 0.6 is 0 Å². The Kier molecular flexibility index (Phi) is 3.54. The summed E-state index contributed by atoms with van der Waals surface area (Å²) in [7, 11) is 0. The maximum atomic E-state index is 12.6. The zero-order valence-corrected chi connectivity index (χ0v) is 11.6. The summed E-state index contributed by atoms with van der Waals surface area (Å²) in [4.78, 5) is 28.4. The Bertz CT molecular complexity index is 614. The van der Waals surface area contributed by atoms with Gasteiger partial charge in [0.2, 0.25) is 0 Å². The van der Waals surface area contributed by atoms with Crippen molar-refractivity contribution in [2.24, 2.45) is 5.92 Å². The van der Waals surface area contributed by atoms with Gasteiger partial charge in [-0.1, -0.05) is 6.07 Å². The molecule has 1 aromatic rings. The number of alkyl halides is 3. The predicted molar refractivity (Wildman–Crippen MR) is 69.7 cm³/mol. The normalized spacial score (nSPS) is 22.1. The Morgan fingerprint density at radius 2 is 2.00 bits per heavy atom. The van der Waals surface area contributed by atoms with Crippen molar-refractivity contribution in [2.75, 3.05) is 6.54 Å². The van der Waals surface area contributed by atoms with Crippen LogP contribution in [0.1, 0.15) is 24.2 Å². The highest BCUT2D eigenvalue weighted by molar-refractivity contribution is 6.04. The van der Waals surface area contributed by atoms with E-state index < -0.39 is 23.9 Å². The maximum Gasteiger partial charge on any atom is 0.433 e. The molecule has 1 atom stereocenters. The minimum atomic E-state index is -4.51. The van der Waals surface area contributed by atoms with E-state index >= 15 is 0 Å². The molecular formula is C14H14F3N3O2. The van der Waals surface area contributed by atoms with E-state index in [1.807, 2.05) is 0 Å². The van der Waals surface area contributed by atoms with Crippen LogP contribution in [0.5, 0.6) is 0 Å². The molecule has 2 fully saturated rings. The van der Waals surface area contributed by atoms with E-state index in [1.54, 1.807) is 0 Å². The van der Waals surface area contributed by atoms with Gasteiger partial charge in [-0.25, -0.2) is 9.78 Å². The molecule has 0 radical (unpaired) electrons. The number of rotatable bonds is 4. The molecule has 1 aliphatic carbocycles. The SMILES string of the molecule is O=C1NC(C2CC2)C(=O)N1CCc1cccc(C(F)(F)F)n1. The summed E-state index contributed by atoms with van der Waals surface area (Å²) in [5.41, 5.74) is -0.775. The van der Waals surface area contributed by atoms with Gasteiger partial charge in [0.1, 0.15) is 11.7 Å². The van der Waals surface area contributed by atoms with Gasteiger partial charge in [0.05, 0.1) is 0 Å². The molecule has 5 nitrogen and oxygen atoms in total. The van der Waals surface area contributed by atoms with Crippen LogP contribution in [0, 0.1) is 5.92 Å². The smallest absolute Gasteiger partial charge is 0.326 e. The number of halogens is 3. The third kappa shape index (κ3) is 2.90. The van der Waals surface area contributed by atoms with Crippen LogP contribution in [0.15, 0.2) is 18.2 Å². The minimum absolute atomic E-state index is 0.0300. The Morgan fingerprint density at radius 1 is 1.27 bits per heavy atom. The van der Waals surface area contributed by atoms with Crippen molar-refractivity contribution in [1.82, 2.24) is 15.2 Å². The molecule has 2 heterocycles. The molecule has 1 aromatic heterocycles. The van der Waals surface area contributed by atoms with Crippen molar-refractivity contribution < 1.29 is 22.8 Å². The molecule has 1 saturated carbocycles. The fourth-order valence-corrected chi connectivity index (χ4v) is 2.50. The van der Waals surface area contributed by atoms with Gasteiger partial charge < -0.3 is 5.32 Å². The van der Waals surface area contributed by atoms with Crippen molar-refractivity contribution >= 4 is 11.9 Å². The first-order valence-corrected chi connectivity index (χ1v) is 7.01. The number of hydrogen-bond donors (Lipinski definition) is 1. The number of urea groups is 1. The molecular weight excluding hydrogens is 299 g/mol. The second-order valence-electron chi connectivity index (χ2n) is 5.52. The third-order valence-corrected chi connectivity index (χ3v) is 3.84. The number of nitrogens with one attached hydrogen (secondary N) is 1. The summed E-state index contributed by atoms with van der Waals surface area (Å²) in [5, 5.41) is 2.62. The molecule has 8 heteroatoms. The second kappa shape index (κ2) is 5.26. The molecule has 3 rings (SSSR count). The van der Waals surface area contributed by atoms with Crippen LogP contribution in [0.4, 0.5) is 18.0 Å². The first-order valence-electron chi connectivity index (χ1n) is 7.01. The summed E-state index contributed by atoms with van der Waals surface area (Å²) >= 11 is 0. The van der Waals surface area contributed by atoms with E-state index in [4.69, 9.17) is 0 Å². The van der Waals surface area contributed by atoms with Crippen molar-refractivity contribution in [3.05, 3.63) is 29.6 Å². The summed E-state index contributed by atoms with van der Waals surface area (Å²) in [5.74, 6) is -0.0902. The molecule has 118 valence electrons. The lowest BCUT2D eigenvalue weighted by Crippen LogP contribution is -2.34. The number of carbonyl (C=O) groups is 2. The van der Waals surface area contributed by atoms with Gasteiger partial charge in [0.25, 0.3) is 5.91 Å². The zero-order valence-electron chi connectivity index (χ0n) is 11.6. The Hall–Kier alpha value is -2.12. The van der Waals surface area contributed by atoms with Crippen molar-refractivity contribution in [3.63, 3.8) is 0 Å². The number of hydrogen-bond acceptors (Lipinski definition) is 3. The summed E-state index contributed by atoms with van der Waals surface area (Å²) in [6.45, 7) is 0.0300. The average molecular weight is 313 g/mol. The largest absolute Gasteiger partial charge is 0.433 e. The molecule has 1 saturated heterocycles. The van der Waals surface area contributed by atoms with Gasteiger partial charge in [-0.05, 0) is 30.9 Å². The van der Waals surface area contributed by atoms with Gasteiger partial charge in [0.15, 0.2) is 0 Å². The molecule has 1 N–H and O–H groups in total. The molecule has 0 aromatic carbocycles. The lowest BCUT2D eigenvalue weighted by atomic mass is 10.2. The fraction of sp³-hybridized carbons (Fsp3) is 0.500. The average Bonchev–Trinajstić information content (AvgIpc) is 3.24. The van der Waals surface area contributed by atoms with E-state index in [-0.39, 0.29) is 30.5 Å². The van der Waals surface area contributed by atoms with Crippen LogP contribution in [-0.4, -0.2) is 34.4 Å². The summed E-state index contributed by atoms with van der Waals surface area (Å²) < 4.78 is 37.8. The summed E-state index contributed by atoms with van der Waals surface area (Å²) in [6, 6.07) is 2.66. The van der Waals surface area contributed by atoms with Crippen LogP contribution < -0.4 is 5.32 Å². The second-order valence-corrected chi connectivity index (χ2v) is 5.52. The van der Waals surface area contributed by atoms with E-state index in [0.717, 1.165) is 23.8 Å². The molecule has 0 spiro atoms. The zero-order chi connectivity index (χ0) is 15.9. The van der Waals surface area contributed by atoms with E-state index in [1.165, 1.54) is 12.1 Å². The number of pyridine rings is 1. The van der Waals surface area contributed by atoms with E-state index in [9.17, 15) is 22.8 Å². The highest BCUT2D eigenvalue weighted by atomic mass is 19.4. The van der Waals surface area contributed by atoms with Crippen LogP contribution in [0.25, 0.3) is 0 Å². The molecule has 2 aliphatic rings. The van der Waals surface area contributed by atoms with Crippen LogP contribution in [0.3, 0.4) is 0 Å². The highest BCUT2D eigenvalue weighted by Crippen LogP contribution is 2.35. The first-order chi connectivity index (χ1) is 10.4.